The molecule has 0 spiro atoms. The summed E-state index contributed by atoms with van der Waals surface area (Å²) >= 11 is 0. The van der Waals surface area contributed by atoms with Gasteiger partial charge >= 0.3 is 6.03 Å². The Kier molecular flexibility index (Phi) is 6.60. The fourth-order valence-corrected chi connectivity index (χ4v) is 3.75. The van der Waals surface area contributed by atoms with E-state index in [0.29, 0.717) is 25.2 Å². The van der Waals surface area contributed by atoms with Crippen LogP contribution in [0.2, 0.25) is 0 Å². The van der Waals surface area contributed by atoms with Crippen LogP contribution in [0.25, 0.3) is 0 Å². The highest BCUT2D eigenvalue weighted by molar-refractivity contribution is 6.13. The largest absolute Gasteiger partial charge is 0.336 e. The molecule has 1 aliphatic heterocycles. The Bertz CT molecular complexity index is 1070. The van der Waals surface area contributed by atoms with Crippen molar-refractivity contribution in [2.45, 2.75) is 13.0 Å². The zero-order chi connectivity index (χ0) is 22.3. The van der Waals surface area contributed by atoms with Crippen LogP contribution in [0.5, 0.6) is 0 Å². The number of rotatable bonds is 8. The van der Waals surface area contributed by atoms with Gasteiger partial charge in [-0.3, -0.25) is 19.4 Å². The molecule has 1 saturated heterocycles. The highest BCUT2D eigenvalue weighted by Crippen LogP contribution is 2.21. The minimum absolute atomic E-state index is 0.0567. The van der Waals surface area contributed by atoms with Gasteiger partial charge in [0.1, 0.15) is 13.1 Å². The number of carbonyl (C=O) groups is 3. The van der Waals surface area contributed by atoms with Crippen molar-refractivity contribution < 1.29 is 14.4 Å². The summed E-state index contributed by atoms with van der Waals surface area (Å²) in [5.41, 5.74) is 2.77. The highest BCUT2D eigenvalue weighted by Gasteiger charge is 2.38. The van der Waals surface area contributed by atoms with Crippen molar-refractivity contribution in [2.75, 3.05) is 24.5 Å². The first-order valence-electron chi connectivity index (χ1n) is 10.6. The molecule has 162 valence electrons. The summed E-state index contributed by atoms with van der Waals surface area (Å²) in [7, 11) is 0. The Hall–Kier alpha value is -3.93. The lowest BCUT2D eigenvalue weighted by molar-refractivity contribution is -0.136. The second-order valence-corrected chi connectivity index (χ2v) is 7.72. The van der Waals surface area contributed by atoms with Gasteiger partial charge in [-0.05, 0) is 29.7 Å². The maximum atomic E-state index is 13.2. The average molecular weight is 428 g/mol. The molecule has 0 saturated carbocycles. The lowest BCUT2D eigenvalue weighted by Crippen LogP contribution is -2.44. The molecule has 6 nitrogen and oxygen atoms in total. The van der Waals surface area contributed by atoms with Gasteiger partial charge in [0.15, 0.2) is 0 Å². The van der Waals surface area contributed by atoms with Crippen LogP contribution in [0.4, 0.5) is 10.5 Å². The number of amides is 4. The first-order valence-corrected chi connectivity index (χ1v) is 10.6. The van der Waals surface area contributed by atoms with E-state index in [0.717, 1.165) is 16.0 Å². The van der Waals surface area contributed by atoms with Crippen molar-refractivity contribution in [1.29, 1.82) is 0 Å². The fourth-order valence-electron chi connectivity index (χ4n) is 3.75. The molecule has 0 N–H and O–H groups in total. The zero-order valence-electron chi connectivity index (χ0n) is 17.8. The van der Waals surface area contributed by atoms with Gasteiger partial charge in [0.25, 0.3) is 5.91 Å². The summed E-state index contributed by atoms with van der Waals surface area (Å²) in [5.74, 6) is -0.615. The molecule has 0 bridgehead atoms. The van der Waals surface area contributed by atoms with E-state index < -0.39 is 6.03 Å². The van der Waals surface area contributed by atoms with E-state index in [1.54, 1.807) is 17.0 Å². The zero-order valence-corrected chi connectivity index (χ0v) is 17.8. The van der Waals surface area contributed by atoms with Crippen LogP contribution in [0, 0.1) is 0 Å². The Morgan fingerprint density at radius 3 is 1.97 bits per heavy atom. The summed E-state index contributed by atoms with van der Waals surface area (Å²) in [5, 5.41) is 0. The monoisotopic (exact) mass is 427 g/mol. The molecule has 0 aliphatic carbocycles. The normalized spacial score (nSPS) is 13.5. The molecule has 0 aromatic heterocycles. The van der Waals surface area contributed by atoms with E-state index in [1.807, 2.05) is 78.9 Å². The summed E-state index contributed by atoms with van der Waals surface area (Å²) < 4.78 is 0. The Morgan fingerprint density at radius 2 is 1.34 bits per heavy atom. The number of urea groups is 1. The molecule has 1 fully saturated rings. The molecule has 4 rings (SSSR count). The van der Waals surface area contributed by atoms with Crippen molar-refractivity contribution in [1.82, 2.24) is 9.80 Å². The average Bonchev–Trinajstić information content (AvgIpc) is 3.12. The van der Waals surface area contributed by atoms with Crippen LogP contribution in [0.15, 0.2) is 91.0 Å². The molecule has 0 unspecified atom stereocenters. The lowest BCUT2D eigenvalue weighted by atomic mass is 10.1. The maximum Gasteiger partial charge on any atom is 0.332 e. The second-order valence-electron chi connectivity index (χ2n) is 7.72. The van der Waals surface area contributed by atoms with Gasteiger partial charge in [-0.15, -0.1) is 0 Å². The van der Waals surface area contributed by atoms with E-state index in [2.05, 4.69) is 0 Å². The molecule has 3 aromatic carbocycles. The molecule has 4 amide bonds. The number of nitrogens with zero attached hydrogens (tertiary/aromatic N) is 3. The molecular formula is C26H25N3O3. The number of hydrogen-bond acceptors (Lipinski definition) is 3. The van der Waals surface area contributed by atoms with Crippen molar-refractivity contribution in [3.63, 3.8) is 0 Å². The van der Waals surface area contributed by atoms with Crippen LogP contribution >= 0.6 is 0 Å². The third-order valence-corrected chi connectivity index (χ3v) is 5.50. The summed E-state index contributed by atoms with van der Waals surface area (Å²) in [6, 6.07) is 28.2. The van der Waals surface area contributed by atoms with Crippen molar-refractivity contribution in [3.05, 3.63) is 102 Å². The predicted molar refractivity (Wildman–Crippen MR) is 123 cm³/mol. The molecule has 0 atom stereocenters. The first kappa shape index (κ1) is 21.3. The molecule has 1 heterocycles. The quantitative estimate of drug-likeness (QED) is 0.515. The second kappa shape index (κ2) is 9.92. The Morgan fingerprint density at radius 1 is 0.781 bits per heavy atom. The fraction of sp³-hybridized carbons (Fsp3) is 0.192. The van der Waals surface area contributed by atoms with Crippen molar-refractivity contribution in [3.8, 4) is 0 Å². The van der Waals surface area contributed by atoms with Crippen LogP contribution in [0.3, 0.4) is 0 Å². The molecular weight excluding hydrogens is 402 g/mol. The van der Waals surface area contributed by atoms with E-state index >= 15 is 0 Å². The predicted octanol–water partition coefficient (Wildman–Crippen LogP) is 3.73. The van der Waals surface area contributed by atoms with E-state index in [4.69, 9.17) is 0 Å². The Balaban J connectivity index is 1.47. The number of hydrogen-bond donors (Lipinski definition) is 0. The topological polar surface area (TPSA) is 60.9 Å². The highest BCUT2D eigenvalue weighted by atomic mass is 16.2. The van der Waals surface area contributed by atoms with Crippen LogP contribution in [0.1, 0.15) is 11.1 Å². The molecule has 3 aromatic rings. The number of anilines is 1. The van der Waals surface area contributed by atoms with Crippen molar-refractivity contribution in [2.24, 2.45) is 0 Å². The minimum Gasteiger partial charge on any atom is -0.336 e. The first-order chi connectivity index (χ1) is 15.6. The van der Waals surface area contributed by atoms with Gasteiger partial charge in [0.05, 0.1) is 0 Å². The van der Waals surface area contributed by atoms with Gasteiger partial charge in [-0.1, -0.05) is 78.9 Å². The van der Waals surface area contributed by atoms with Gasteiger partial charge in [0.2, 0.25) is 5.91 Å². The minimum atomic E-state index is -0.461. The molecule has 32 heavy (non-hydrogen) atoms. The maximum absolute atomic E-state index is 13.2. The van der Waals surface area contributed by atoms with Gasteiger partial charge in [-0.2, -0.15) is 0 Å². The number of imide groups is 1. The van der Waals surface area contributed by atoms with Gasteiger partial charge in [-0.25, -0.2) is 4.79 Å². The summed E-state index contributed by atoms with van der Waals surface area (Å²) in [6.45, 7) is 0.600. The SMILES string of the molecule is O=C(CN1C(=O)CN(c2ccccc2)C1=O)N(CCc1ccccc1)Cc1ccccc1. The van der Waals surface area contributed by atoms with E-state index in [9.17, 15) is 14.4 Å². The van der Waals surface area contributed by atoms with Gasteiger partial charge < -0.3 is 4.90 Å². The van der Waals surface area contributed by atoms with Crippen molar-refractivity contribution >= 4 is 23.5 Å². The van der Waals surface area contributed by atoms with Crippen LogP contribution in [-0.2, 0) is 22.6 Å². The van der Waals surface area contributed by atoms with Gasteiger partial charge in [0, 0.05) is 18.8 Å². The number of benzene rings is 3. The van der Waals surface area contributed by atoms with Crippen LogP contribution < -0.4 is 4.90 Å². The Labute approximate surface area is 187 Å². The summed E-state index contributed by atoms with van der Waals surface area (Å²) in [6.07, 6.45) is 0.692. The number of para-hydroxylation sites is 1. The van der Waals surface area contributed by atoms with Crippen LogP contribution in [-0.4, -0.2) is 47.3 Å². The standard InChI is InChI=1S/C26H25N3O3/c30-24(19-29-25(31)20-28(26(29)32)23-14-8-3-9-15-23)27(18-22-12-6-2-7-13-22)17-16-21-10-4-1-5-11-21/h1-15H,16-20H2. The third-order valence-electron chi connectivity index (χ3n) is 5.50. The molecule has 1 aliphatic rings. The van der Waals surface area contributed by atoms with E-state index in [1.165, 1.54) is 4.90 Å². The van der Waals surface area contributed by atoms with E-state index in [-0.39, 0.29) is 24.9 Å². The number of carbonyl (C=O) groups excluding carboxylic acids is 3. The lowest BCUT2D eigenvalue weighted by Gasteiger charge is -2.25. The molecule has 0 radical (unpaired) electrons. The molecule has 6 heteroatoms. The smallest absolute Gasteiger partial charge is 0.332 e. The summed E-state index contributed by atoms with van der Waals surface area (Å²) in [4.78, 5) is 42.8. The third kappa shape index (κ3) is 5.03.